The third-order valence-electron chi connectivity index (χ3n) is 4.87. The molecule has 6 nitrogen and oxygen atoms in total. The Morgan fingerprint density at radius 1 is 1.42 bits per heavy atom. The summed E-state index contributed by atoms with van der Waals surface area (Å²) < 4.78 is 20.1. The molecule has 1 fully saturated rings. The molecule has 3 rings (SSSR count). The lowest BCUT2D eigenvalue weighted by atomic mass is 9.86. The molecule has 140 valence electrons. The zero-order chi connectivity index (χ0) is 18.5. The fourth-order valence-electron chi connectivity index (χ4n) is 3.55. The van der Waals surface area contributed by atoms with Crippen LogP contribution in [0.5, 0.6) is 0 Å². The second-order valence-electron chi connectivity index (χ2n) is 6.69. The van der Waals surface area contributed by atoms with Gasteiger partial charge in [-0.2, -0.15) is 0 Å². The van der Waals surface area contributed by atoms with Crippen LogP contribution < -0.4 is 11.1 Å². The summed E-state index contributed by atoms with van der Waals surface area (Å²) in [7, 11) is 0. The standard InChI is InChI=1S/C18H23N3O3S2/c19-16-10-13(5-6-14(16)11-26(23)24)15(9-12-3-1-2-4-12)17(22)21-18-20-7-8-25-18/h5-8,10,12,15H,1-4,9,11,19H2,(H,23,24)(H,20,21,22). The van der Waals surface area contributed by atoms with Crippen LogP contribution in [0.15, 0.2) is 29.8 Å². The second kappa shape index (κ2) is 8.75. The van der Waals surface area contributed by atoms with Gasteiger partial charge >= 0.3 is 0 Å². The number of thiazole rings is 1. The van der Waals surface area contributed by atoms with Crippen LogP contribution in [0.3, 0.4) is 0 Å². The minimum absolute atomic E-state index is 0.00921. The van der Waals surface area contributed by atoms with Gasteiger partial charge in [-0.3, -0.25) is 4.79 Å². The topological polar surface area (TPSA) is 105 Å². The minimum atomic E-state index is -1.94. The number of hydrogen-bond acceptors (Lipinski definition) is 5. The molecule has 0 saturated heterocycles. The predicted molar refractivity (Wildman–Crippen MR) is 105 cm³/mol. The number of nitrogens with one attached hydrogen (secondary N) is 1. The molecule has 1 aromatic heterocycles. The third kappa shape index (κ3) is 4.90. The van der Waals surface area contributed by atoms with Gasteiger partial charge < -0.3 is 15.6 Å². The molecule has 1 aromatic carbocycles. The number of carbonyl (C=O) groups is 1. The maximum Gasteiger partial charge on any atom is 0.233 e. The number of amides is 1. The number of rotatable bonds is 7. The van der Waals surface area contributed by atoms with Gasteiger partial charge in [-0.25, -0.2) is 9.19 Å². The van der Waals surface area contributed by atoms with Crippen molar-refractivity contribution in [1.29, 1.82) is 0 Å². The van der Waals surface area contributed by atoms with Gasteiger partial charge in [0, 0.05) is 17.3 Å². The quantitative estimate of drug-likeness (QED) is 0.491. The summed E-state index contributed by atoms with van der Waals surface area (Å²) >= 11 is -0.555. The van der Waals surface area contributed by atoms with Gasteiger partial charge in [-0.05, 0) is 29.5 Å². The largest absolute Gasteiger partial charge is 0.398 e. The summed E-state index contributed by atoms with van der Waals surface area (Å²) in [6.07, 6.45) is 7.18. The molecule has 8 heteroatoms. The zero-order valence-electron chi connectivity index (χ0n) is 14.4. The molecule has 26 heavy (non-hydrogen) atoms. The normalized spacial score (nSPS) is 17.1. The molecular formula is C18H23N3O3S2. The summed E-state index contributed by atoms with van der Waals surface area (Å²) in [4.78, 5) is 17.0. The Balaban J connectivity index is 1.82. The SMILES string of the molecule is Nc1cc(C(CC2CCCC2)C(=O)Nc2nccs2)ccc1CS(=O)O. The average molecular weight is 394 g/mol. The van der Waals surface area contributed by atoms with Crippen molar-refractivity contribution in [2.45, 2.75) is 43.8 Å². The molecular weight excluding hydrogens is 370 g/mol. The van der Waals surface area contributed by atoms with E-state index in [4.69, 9.17) is 10.3 Å². The van der Waals surface area contributed by atoms with E-state index in [1.165, 1.54) is 24.2 Å². The summed E-state index contributed by atoms with van der Waals surface area (Å²) in [6, 6.07) is 5.36. The van der Waals surface area contributed by atoms with E-state index in [2.05, 4.69) is 10.3 Å². The molecule has 0 aliphatic heterocycles. The minimum Gasteiger partial charge on any atom is -0.398 e. The number of carbonyl (C=O) groups excluding carboxylic acids is 1. The molecule has 2 atom stereocenters. The fraction of sp³-hybridized carbons (Fsp3) is 0.444. The number of hydrogen-bond donors (Lipinski definition) is 3. The van der Waals surface area contributed by atoms with Crippen molar-refractivity contribution in [2.24, 2.45) is 5.92 Å². The summed E-state index contributed by atoms with van der Waals surface area (Å²) in [5, 5.41) is 5.31. The van der Waals surface area contributed by atoms with E-state index in [0.29, 0.717) is 22.3 Å². The van der Waals surface area contributed by atoms with E-state index >= 15 is 0 Å². The van der Waals surface area contributed by atoms with Crippen LogP contribution in [0.4, 0.5) is 10.8 Å². The molecule has 1 heterocycles. The lowest BCUT2D eigenvalue weighted by molar-refractivity contribution is -0.118. The van der Waals surface area contributed by atoms with Gasteiger partial charge in [-0.15, -0.1) is 11.3 Å². The first-order valence-corrected chi connectivity index (χ1v) is 10.8. The molecule has 0 bridgehead atoms. The van der Waals surface area contributed by atoms with Crippen molar-refractivity contribution < 1.29 is 13.6 Å². The van der Waals surface area contributed by atoms with Crippen LogP contribution in [0, 0.1) is 5.92 Å². The highest BCUT2D eigenvalue weighted by Gasteiger charge is 2.27. The van der Waals surface area contributed by atoms with Gasteiger partial charge in [0.15, 0.2) is 16.2 Å². The van der Waals surface area contributed by atoms with E-state index in [1.54, 1.807) is 18.3 Å². The van der Waals surface area contributed by atoms with E-state index in [1.807, 2.05) is 11.4 Å². The second-order valence-corrected chi connectivity index (χ2v) is 8.52. The molecule has 1 amide bonds. The molecule has 1 aliphatic carbocycles. The van der Waals surface area contributed by atoms with Gasteiger partial charge in [0.1, 0.15) is 0 Å². The molecule has 4 N–H and O–H groups in total. The smallest absolute Gasteiger partial charge is 0.233 e. The van der Waals surface area contributed by atoms with Gasteiger partial charge in [-0.1, -0.05) is 37.8 Å². The first-order chi connectivity index (χ1) is 12.5. The number of benzene rings is 1. The molecule has 1 saturated carbocycles. The van der Waals surface area contributed by atoms with Gasteiger partial charge in [0.2, 0.25) is 5.91 Å². The fourth-order valence-corrected chi connectivity index (χ4v) is 4.61. The van der Waals surface area contributed by atoms with Crippen LogP contribution in [-0.2, 0) is 21.6 Å². The summed E-state index contributed by atoms with van der Waals surface area (Å²) in [5.74, 6) is 0.139. The predicted octanol–water partition coefficient (Wildman–Crippen LogP) is 3.75. The van der Waals surface area contributed by atoms with E-state index in [-0.39, 0.29) is 17.6 Å². The third-order valence-corrected chi connectivity index (χ3v) is 6.12. The van der Waals surface area contributed by atoms with Crippen LogP contribution in [0.1, 0.15) is 49.1 Å². The Morgan fingerprint density at radius 2 is 2.19 bits per heavy atom. The van der Waals surface area contributed by atoms with Crippen LogP contribution in [-0.4, -0.2) is 19.7 Å². The average Bonchev–Trinajstić information content (AvgIpc) is 3.28. The van der Waals surface area contributed by atoms with Crippen LogP contribution >= 0.6 is 11.3 Å². The Labute approximate surface area is 159 Å². The van der Waals surface area contributed by atoms with Gasteiger partial charge in [0.25, 0.3) is 0 Å². The maximum absolute atomic E-state index is 12.9. The van der Waals surface area contributed by atoms with Crippen molar-refractivity contribution in [3.63, 3.8) is 0 Å². The highest BCUT2D eigenvalue weighted by Crippen LogP contribution is 2.36. The van der Waals surface area contributed by atoms with Crippen molar-refractivity contribution in [1.82, 2.24) is 4.98 Å². The summed E-state index contributed by atoms with van der Waals surface area (Å²) in [6.45, 7) is 0. The van der Waals surface area contributed by atoms with E-state index < -0.39 is 11.1 Å². The first kappa shape index (κ1) is 19.0. The Kier molecular flexibility index (Phi) is 6.39. The number of nitrogen functional groups attached to an aromatic ring is 1. The van der Waals surface area contributed by atoms with Crippen molar-refractivity contribution in [2.75, 3.05) is 11.1 Å². The van der Waals surface area contributed by atoms with Crippen LogP contribution in [0.25, 0.3) is 0 Å². The van der Waals surface area contributed by atoms with Crippen LogP contribution in [0.2, 0.25) is 0 Å². The molecule has 1 aliphatic rings. The van der Waals surface area contributed by atoms with Crippen molar-refractivity contribution in [3.05, 3.63) is 40.9 Å². The highest BCUT2D eigenvalue weighted by molar-refractivity contribution is 7.78. The van der Waals surface area contributed by atoms with Crippen molar-refractivity contribution >= 4 is 39.1 Å². The Hall–Kier alpha value is -1.77. The Bertz CT molecular complexity index is 774. The maximum atomic E-state index is 12.9. The van der Waals surface area contributed by atoms with Crippen molar-refractivity contribution in [3.8, 4) is 0 Å². The highest BCUT2D eigenvalue weighted by atomic mass is 32.2. The lowest BCUT2D eigenvalue weighted by Gasteiger charge is -2.21. The lowest BCUT2D eigenvalue weighted by Crippen LogP contribution is -2.23. The number of aromatic nitrogens is 1. The molecule has 2 aromatic rings. The Morgan fingerprint density at radius 3 is 2.81 bits per heavy atom. The summed E-state index contributed by atoms with van der Waals surface area (Å²) in [5.41, 5.74) is 7.98. The molecule has 2 unspecified atom stereocenters. The van der Waals surface area contributed by atoms with E-state index in [0.717, 1.165) is 24.8 Å². The zero-order valence-corrected chi connectivity index (χ0v) is 16.0. The number of nitrogens with two attached hydrogens (primary N) is 1. The molecule has 0 spiro atoms. The van der Waals surface area contributed by atoms with E-state index in [9.17, 15) is 9.00 Å². The number of nitrogens with zero attached hydrogens (tertiary/aromatic N) is 1. The molecule has 0 radical (unpaired) electrons. The monoisotopic (exact) mass is 393 g/mol. The van der Waals surface area contributed by atoms with Gasteiger partial charge in [0.05, 0.1) is 11.7 Å². The number of anilines is 2. The first-order valence-electron chi connectivity index (χ1n) is 8.69.